The maximum atomic E-state index is 11.1. The largest absolute Gasteiger partial charge is 0.465 e. The van der Waals surface area contributed by atoms with Crippen LogP contribution in [0, 0.1) is 0 Å². The highest BCUT2D eigenvalue weighted by Crippen LogP contribution is 2.18. The maximum Gasteiger partial charge on any atom is 0.349 e. The van der Waals surface area contributed by atoms with Crippen molar-refractivity contribution in [1.82, 2.24) is 4.98 Å². The fourth-order valence-electron chi connectivity index (χ4n) is 1.47. The second-order valence-corrected chi connectivity index (χ2v) is 3.70. The van der Waals surface area contributed by atoms with E-state index in [0.29, 0.717) is 0 Å². The standard InChI is InChI=1S/C12H10ClNO2/c1-16-12(15)10(13)7-9-6-8-4-2-3-5-11(8)14-9/h2-7,14H,1H3. The van der Waals surface area contributed by atoms with Gasteiger partial charge in [-0.1, -0.05) is 29.8 Å². The van der Waals surface area contributed by atoms with E-state index in [1.807, 2.05) is 30.3 Å². The van der Waals surface area contributed by atoms with Crippen LogP contribution in [-0.2, 0) is 9.53 Å². The van der Waals surface area contributed by atoms with Crippen LogP contribution in [0.5, 0.6) is 0 Å². The number of halogens is 1. The molecule has 82 valence electrons. The molecule has 1 N–H and O–H groups in total. The second kappa shape index (κ2) is 4.41. The number of hydrogen-bond acceptors (Lipinski definition) is 2. The van der Waals surface area contributed by atoms with Gasteiger partial charge in [-0.25, -0.2) is 4.79 Å². The van der Waals surface area contributed by atoms with E-state index in [1.165, 1.54) is 7.11 Å². The third kappa shape index (κ3) is 2.09. The number of fused-ring (bicyclic) bond motifs is 1. The zero-order valence-corrected chi connectivity index (χ0v) is 9.41. The Bertz CT molecular complexity index is 524. The predicted octanol–water partition coefficient (Wildman–Crippen LogP) is 2.92. The molecule has 2 rings (SSSR count). The summed E-state index contributed by atoms with van der Waals surface area (Å²) in [5.41, 5.74) is 1.78. The fourth-order valence-corrected chi connectivity index (χ4v) is 1.66. The van der Waals surface area contributed by atoms with Crippen LogP contribution in [0.3, 0.4) is 0 Å². The number of para-hydroxylation sites is 1. The van der Waals surface area contributed by atoms with E-state index in [0.717, 1.165) is 16.6 Å². The van der Waals surface area contributed by atoms with E-state index in [-0.39, 0.29) is 5.03 Å². The summed E-state index contributed by atoms with van der Waals surface area (Å²) >= 11 is 5.76. The zero-order chi connectivity index (χ0) is 11.5. The SMILES string of the molecule is COC(=O)C(Cl)=Cc1cc2ccccc2[nH]1. The highest BCUT2D eigenvalue weighted by atomic mass is 35.5. The number of carbonyl (C=O) groups excluding carboxylic acids is 1. The number of carbonyl (C=O) groups is 1. The van der Waals surface area contributed by atoms with Gasteiger partial charge in [0.1, 0.15) is 5.03 Å². The van der Waals surface area contributed by atoms with Crippen LogP contribution in [0.4, 0.5) is 0 Å². The molecule has 1 aromatic carbocycles. The summed E-state index contributed by atoms with van der Waals surface area (Å²) in [5.74, 6) is -0.541. The summed E-state index contributed by atoms with van der Waals surface area (Å²) in [7, 11) is 1.30. The number of aromatic amines is 1. The Kier molecular flexibility index (Phi) is 2.97. The summed E-state index contributed by atoms with van der Waals surface area (Å²) in [6.07, 6.45) is 1.55. The lowest BCUT2D eigenvalue weighted by Gasteiger charge is -1.94. The molecule has 0 spiro atoms. The molecule has 0 fully saturated rings. The molecule has 0 saturated heterocycles. The minimum absolute atomic E-state index is 0.0501. The molecule has 16 heavy (non-hydrogen) atoms. The summed E-state index contributed by atoms with van der Waals surface area (Å²) in [6.45, 7) is 0. The van der Waals surface area contributed by atoms with Crippen molar-refractivity contribution in [3.63, 3.8) is 0 Å². The molecule has 0 saturated carbocycles. The van der Waals surface area contributed by atoms with Gasteiger partial charge >= 0.3 is 5.97 Å². The van der Waals surface area contributed by atoms with Crippen molar-refractivity contribution >= 4 is 34.5 Å². The Hall–Kier alpha value is -1.74. The molecule has 0 atom stereocenters. The summed E-state index contributed by atoms with van der Waals surface area (Å²) in [6, 6.07) is 9.74. The molecule has 0 aliphatic rings. The first-order chi connectivity index (χ1) is 7.70. The van der Waals surface area contributed by atoms with Gasteiger partial charge in [0.15, 0.2) is 0 Å². The Morgan fingerprint density at radius 2 is 2.19 bits per heavy atom. The molecule has 1 heterocycles. The molecule has 0 radical (unpaired) electrons. The molecule has 4 heteroatoms. The maximum absolute atomic E-state index is 11.1. The smallest absolute Gasteiger partial charge is 0.349 e. The average molecular weight is 236 g/mol. The van der Waals surface area contributed by atoms with Gasteiger partial charge in [0.05, 0.1) is 7.11 Å². The third-order valence-corrected chi connectivity index (χ3v) is 2.48. The van der Waals surface area contributed by atoms with Gasteiger partial charge in [-0.05, 0) is 23.6 Å². The number of nitrogens with one attached hydrogen (secondary N) is 1. The van der Waals surface area contributed by atoms with Crippen molar-refractivity contribution < 1.29 is 9.53 Å². The highest BCUT2D eigenvalue weighted by Gasteiger charge is 2.06. The number of esters is 1. The third-order valence-electron chi connectivity index (χ3n) is 2.21. The molecular weight excluding hydrogens is 226 g/mol. The van der Waals surface area contributed by atoms with Crippen LogP contribution in [0.25, 0.3) is 17.0 Å². The topological polar surface area (TPSA) is 42.1 Å². The molecular formula is C12H10ClNO2. The van der Waals surface area contributed by atoms with Crippen LogP contribution in [0.15, 0.2) is 35.4 Å². The number of methoxy groups -OCH3 is 1. The number of H-pyrrole nitrogens is 1. The van der Waals surface area contributed by atoms with Gasteiger partial charge in [-0.3, -0.25) is 0 Å². The van der Waals surface area contributed by atoms with Gasteiger partial charge in [0.2, 0.25) is 0 Å². The first-order valence-corrected chi connectivity index (χ1v) is 5.12. The van der Waals surface area contributed by atoms with Gasteiger partial charge in [0, 0.05) is 11.2 Å². The van der Waals surface area contributed by atoms with Crippen LogP contribution in [-0.4, -0.2) is 18.1 Å². The predicted molar refractivity (Wildman–Crippen MR) is 64.1 cm³/mol. The summed E-state index contributed by atoms with van der Waals surface area (Å²) < 4.78 is 4.51. The molecule has 0 amide bonds. The van der Waals surface area contributed by atoms with Crippen molar-refractivity contribution in [2.75, 3.05) is 7.11 Å². The summed E-state index contributed by atoms with van der Waals surface area (Å²) in [4.78, 5) is 14.2. The number of hydrogen-bond donors (Lipinski definition) is 1. The lowest BCUT2D eigenvalue weighted by Crippen LogP contribution is -1.99. The molecule has 0 unspecified atom stereocenters. The zero-order valence-electron chi connectivity index (χ0n) is 8.66. The van der Waals surface area contributed by atoms with Gasteiger partial charge in [0.25, 0.3) is 0 Å². The lowest BCUT2D eigenvalue weighted by atomic mass is 10.2. The number of benzene rings is 1. The Labute approximate surface area is 97.7 Å². The summed E-state index contributed by atoms with van der Waals surface area (Å²) in [5, 5.41) is 1.12. The van der Waals surface area contributed by atoms with E-state index in [1.54, 1.807) is 6.08 Å². The average Bonchev–Trinajstić information content (AvgIpc) is 2.69. The number of ether oxygens (including phenoxy) is 1. The van der Waals surface area contributed by atoms with Gasteiger partial charge < -0.3 is 9.72 Å². The highest BCUT2D eigenvalue weighted by molar-refractivity contribution is 6.43. The van der Waals surface area contributed by atoms with Crippen LogP contribution in [0.1, 0.15) is 5.69 Å². The van der Waals surface area contributed by atoms with E-state index >= 15 is 0 Å². The number of aromatic nitrogens is 1. The van der Waals surface area contributed by atoms with Crippen molar-refractivity contribution in [2.45, 2.75) is 0 Å². The minimum atomic E-state index is -0.541. The van der Waals surface area contributed by atoms with Crippen molar-refractivity contribution in [3.05, 3.63) is 41.1 Å². The monoisotopic (exact) mass is 235 g/mol. The van der Waals surface area contributed by atoms with Crippen molar-refractivity contribution in [1.29, 1.82) is 0 Å². The van der Waals surface area contributed by atoms with Gasteiger partial charge in [-0.15, -0.1) is 0 Å². The van der Waals surface area contributed by atoms with Crippen molar-refractivity contribution in [2.24, 2.45) is 0 Å². The fraction of sp³-hybridized carbons (Fsp3) is 0.0833. The Balaban J connectivity index is 2.38. The molecule has 0 aliphatic carbocycles. The van der Waals surface area contributed by atoms with E-state index in [4.69, 9.17) is 11.6 Å². The van der Waals surface area contributed by atoms with Crippen LogP contribution in [0.2, 0.25) is 0 Å². The van der Waals surface area contributed by atoms with E-state index in [9.17, 15) is 4.79 Å². The first-order valence-electron chi connectivity index (χ1n) is 4.74. The lowest BCUT2D eigenvalue weighted by molar-refractivity contribution is -0.135. The quantitative estimate of drug-likeness (QED) is 0.642. The van der Waals surface area contributed by atoms with Crippen LogP contribution < -0.4 is 0 Å². The van der Waals surface area contributed by atoms with Crippen LogP contribution >= 0.6 is 11.6 Å². The molecule has 0 bridgehead atoms. The van der Waals surface area contributed by atoms with E-state index in [2.05, 4.69) is 9.72 Å². The minimum Gasteiger partial charge on any atom is -0.465 e. The number of rotatable bonds is 2. The normalized spacial score (nSPS) is 11.8. The van der Waals surface area contributed by atoms with E-state index < -0.39 is 5.97 Å². The van der Waals surface area contributed by atoms with Crippen molar-refractivity contribution in [3.8, 4) is 0 Å². The first kappa shape index (κ1) is 10.8. The Morgan fingerprint density at radius 3 is 2.88 bits per heavy atom. The second-order valence-electron chi connectivity index (χ2n) is 3.30. The molecule has 0 aliphatic heterocycles. The molecule has 3 nitrogen and oxygen atoms in total. The van der Waals surface area contributed by atoms with Gasteiger partial charge in [-0.2, -0.15) is 0 Å². The molecule has 2 aromatic rings. The Morgan fingerprint density at radius 1 is 1.44 bits per heavy atom. The molecule has 1 aromatic heterocycles.